The van der Waals surface area contributed by atoms with E-state index in [4.69, 9.17) is 14.5 Å². The summed E-state index contributed by atoms with van der Waals surface area (Å²) in [6.45, 7) is 0. The Kier molecular flexibility index (Phi) is 6.71. The van der Waals surface area contributed by atoms with Gasteiger partial charge in [0.1, 0.15) is 11.0 Å². The molecule has 0 bridgehead atoms. The van der Waals surface area contributed by atoms with Gasteiger partial charge >= 0.3 is 0 Å². The number of thioether (sulfide) groups is 1. The van der Waals surface area contributed by atoms with Crippen LogP contribution in [0.25, 0.3) is 27.6 Å². The van der Waals surface area contributed by atoms with Crippen molar-refractivity contribution >= 4 is 51.0 Å². The molecule has 0 atom stereocenters. The number of amides is 1. The van der Waals surface area contributed by atoms with Crippen LogP contribution in [0.4, 0.5) is 11.4 Å². The molecule has 12 heteroatoms. The lowest BCUT2D eigenvalue weighted by molar-refractivity contribution is -0.384. The predicted molar refractivity (Wildman–Crippen MR) is 145 cm³/mol. The van der Waals surface area contributed by atoms with Crippen LogP contribution in [0.5, 0.6) is 11.5 Å². The first-order chi connectivity index (χ1) is 18.4. The van der Waals surface area contributed by atoms with Crippen molar-refractivity contribution in [1.29, 1.82) is 0 Å². The number of nitro benzene ring substituents is 1. The van der Waals surface area contributed by atoms with Crippen LogP contribution >= 0.6 is 11.8 Å². The second kappa shape index (κ2) is 10.3. The molecule has 0 saturated heterocycles. The molecule has 5 rings (SSSR count). The van der Waals surface area contributed by atoms with Crippen molar-refractivity contribution in [1.82, 2.24) is 14.5 Å². The number of para-hydroxylation sites is 1. The van der Waals surface area contributed by atoms with Crippen LogP contribution in [0.1, 0.15) is 0 Å². The van der Waals surface area contributed by atoms with Crippen molar-refractivity contribution < 1.29 is 19.2 Å². The maximum absolute atomic E-state index is 13.7. The largest absolute Gasteiger partial charge is 0.493 e. The summed E-state index contributed by atoms with van der Waals surface area (Å²) in [5.41, 5.74) is 2.09. The van der Waals surface area contributed by atoms with E-state index >= 15 is 0 Å². The minimum absolute atomic E-state index is 0.0649. The fraction of sp³-hybridized carbons (Fsp3) is 0.115. The van der Waals surface area contributed by atoms with Crippen molar-refractivity contribution in [3.8, 4) is 17.2 Å². The fourth-order valence-corrected chi connectivity index (χ4v) is 4.83. The molecule has 2 N–H and O–H groups in total. The van der Waals surface area contributed by atoms with Gasteiger partial charge in [-0.05, 0) is 30.3 Å². The topological polar surface area (TPSA) is 141 Å². The standard InChI is InChI=1S/C26H21N5O6S/c1-36-20-12-11-17(13-21(20)37-2)30-25(33)24-23(18-5-3-4-6-19(18)28-24)29-26(30)38-14-22(32)27-15-7-9-16(10-8-15)31(34)35/h3-13,28H,14H2,1-2H3,(H,27,32). The Bertz CT molecular complexity index is 1750. The summed E-state index contributed by atoms with van der Waals surface area (Å²) < 4.78 is 12.2. The second-order valence-electron chi connectivity index (χ2n) is 8.11. The van der Waals surface area contributed by atoms with E-state index in [1.807, 2.05) is 24.3 Å². The number of hydrogen-bond acceptors (Lipinski definition) is 8. The first-order valence-corrected chi connectivity index (χ1v) is 12.3. The number of nitrogens with one attached hydrogen (secondary N) is 2. The van der Waals surface area contributed by atoms with Crippen molar-refractivity contribution in [2.45, 2.75) is 5.16 Å². The fourth-order valence-electron chi connectivity index (χ4n) is 4.02. The zero-order chi connectivity index (χ0) is 26.8. The van der Waals surface area contributed by atoms with Gasteiger partial charge in [-0.1, -0.05) is 30.0 Å². The van der Waals surface area contributed by atoms with Gasteiger partial charge in [0.05, 0.1) is 30.6 Å². The first kappa shape index (κ1) is 24.8. The number of fused-ring (bicyclic) bond motifs is 3. The van der Waals surface area contributed by atoms with Crippen LogP contribution < -0.4 is 20.3 Å². The van der Waals surface area contributed by atoms with Crippen molar-refractivity contribution in [3.05, 3.63) is 87.2 Å². The zero-order valence-electron chi connectivity index (χ0n) is 20.3. The number of aromatic amines is 1. The van der Waals surface area contributed by atoms with Crippen LogP contribution in [-0.2, 0) is 4.79 Å². The van der Waals surface area contributed by atoms with E-state index in [0.717, 1.165) is 22.7 Å². The highest BCUT2D eigenvalue weighted by Gasteiger charge is 2.19. The molecule has 5 aromatic rings. The van der Waals surface area contributed by atoms with Gasteiger partial charge < -0.3 is 19.8 Å². The molecule has 0 saturated carbocycles. The molecule has 1 amide bonds. The first-order valence-electron chi connectivity index (χ1n) is 11.3. The number of methoxy groups -OCH3 is 2. The number of aromatic nitrogens is 3. The lowest BCUT2D eigenvalue weighted by Crippen LogP contribution is -2.23. The zero-order valence-corrected chi connectivity index (χ0v) is 21.1. The summed E-state index contributed by atoms with van der Waals surface area (Å²) in [6, 6.07) is 18.0. The number of carbonyl (C=O) groups is 1. The highest BCUT2D eigenvalue weighted by Crippen LogP contribution is 2.31. The summed E-state index contributed by atoms with van der Waals surface area (Å²) >= 11 is 1.09. The number of nitrogens with zero attached hydrogens (tertiary/aromatic N) is 3. The maximum Gasteiger partial charge on any atom is 0.283 e. The van der Waals surface area contributed by atoms with Crippen molar-refractivity contribution in [3.63, 3.8) is 0 Å². The molecule has 0 radical (unpaired) electrons. The Balaban J connectivity index is 1.53. The lowest BCUT2D eigenvalue weighted by Gasteiger charge is -2.14. The Labute approximate surface area is 219 Å². The summed E-state index contributed by atoms with van der Waals surface area (Å²) in [4.78, 5) is 44.8. The average molecular weight is 532 g/mol. The second-order valence-corrected chi connectivity index (χ2v) is 9.05. The summed E-state index contributed by atoms with van der Waals surface area (Å²) in [5.74, 6) is 0.502. The molecule has 11 nitrogen and oxygen atoms in total. The predicted octanol–water partition coefficient (Wildman–Crippen LogP) is 4.52. The molecule has 0 spiro atoms. The SMILES string of the molecule is COc1ccc(-n2c(SCC(=O)Nc3ccc([N+](=O)[O-])cc3)nc3c([nH]c4ccccc43)c2=O)cc1OC. The Morgan fingerprint density at radius 2 is 1.82 bits per heavy atom. The third-order valence-corrected chi connectivity index (χ3v) is 6.75. The van der Waals surface area contributed by atoms with Gasteiger partial charge in [-0.15, -0.1) is 0 Å². The minimum atomic E-state index is -0.512. The molecule has 0 fully saturated rings. The highest BCUT2D eigenvalue weighted by molar-refractivity contribution is 7.99. The summed E-state index contributed by atoms with van der Waals surface area (Å²) in [7, 11) is 3.02. The molecule has 2 heterocycles. The van der Waals surface area contributed by atoms with E-state index in [1.165, 1.54) is 43.1 Å². The number of hydrogen-bond donors (Lipinski definition) is 2. The van der Waals surface area contributed by atoms with Crippen LogP contribution in [0.15, 0.2) is 76.7 Å². The van der Waals surface area contributed by atoms with Crippen LogP contribution in [0.3, 0.4) is 0 Å². The highest BCUT2D eigenvalue weighted by atomic mass is 32.2. The summed E-state index contributed by atoms with van der Waals surface area (Å²) in [5, 5.41) is 14.7. The number of ether oxygens (including phenoxy) is 2. The molecule has 3 aromatic carbocycles. The summed E-state index contributed by atoms with van der Waals surface area (Å²) in [6.07, 6.45) is 0. The van der Waals surface area contributed by atoms with Gasteiger partial charge in [0.25, 0.3) is 11.2 Å². The number of non-ortho nitro benzene ring substituents is 1. The Hall–Kier alpha value is -4.84. The van der Waals surface area contributed by atoms with E-state index in [1.54, 1.807) is 18.2 Å². The smallest absolute Gasteiger partial charge is 0.283 e. The monoisotopic (exact) mass is 531 g/mol. The Morgan fingerprint density at radius 3 is 2.53 bits per heavy atom. The van der Waals surface area contributed by atoms with Gasteiger partial charge in [0, 0.05) is 34.8 Å². The molecule has 192 valence electrons. The van der Waals surface area contributed by atoms with E-state index < -0.39 is 4.92 Å². The van der Waals surface area contributed by atoms with Gasteiger partial charge in [-0.2, -0.15) is 0 Å². The molecule has 2 aromatic heterocycles. The van der Waals surface area contributed by atoms with Gasteiger partial charge in [0.15, 0.2) is 16.7 Å². The van der Waals surface area contributed by atoms with Crippen molar-refractivity contribution in [2.24, 2.45) is 0 Å². The number of rotatable bonds is 8. The third kappa shape index (κ3) is 4.64. The Morgan fingerprint density at radius 1 is 1.08 bits per heavy atom. The van der Waals surface area contributed by atoms with E-state index in [2.05, 4.69) is 10.3 Å². The van der Waals surface area contributed by atoms with Gasteiger partial charge in [-0.25, -0.2) is 4.98 Å². The molecule has 0 aliphatic heterocycles. The lowest BCUT2D eigenvalue weighted by atomic mass is 10.2. The van der Waals surface area contributed by atoms with E-state index in [0.29, 0.717) is 39.1 Å². The van der Waals surface area contributed by atoms with Crippen molar-refractivity contribution in [2.75, 3.05) is 25.3 Å². The third-order valence-electron chi connectivity index (χ3n) is 5.81. The molecule has 0 aliphatic rings. The number of carbonyl (C=O) groups excluding carboxylic acids is 1. The number of H-pyrrole nitrogens is 1. The van der Waals surface area contributed by atoms with Gasteiger partial charge in [0.2, 0.25) is 5.91 Å². The molecular formula is C26H21N5O6S. The molecule has 0 unspecified atom stereocenters. The van der Waals surface area contributed by atoms with Crippen LogP contribution in [0, 0.1) is 10.1 Å². The van der Waals surface area contributed by atoms with Gasteiger partial charge in [-0.3, -0.25) is 24.3 Å². The molecule has 38 heavy (non-hydrogen) atoms. The normalized spacial score (nSPS) is 11.0. The average Bonchev–Trinajstić information content (AvgIpc) is 3.31. The molecular weight excluding hydrogens is 510 g/mol. The molecule has 0 aliphatic carbocycles. The van der Waals surface area contributed by atoms with E-state index in [9.17, 15) is 19.7 Å². The number of anilines is 1. The number of nitro groups is 1. The van der Waals surface area contributed by atoms with Crippen LogP contribution in [0.2, 0.25) is 0 Å². The quantitative estimate of drug-likeness (QED) is 0.129. The van der Waals surface area contributed by atoms with E-state index in [-0.39, 0.29) is 22.9 Å². The number of benzene rings is 3. The maximum atomic E-state index is 13.7. The van der Waals surface area contributed by atoms with Crippen LogP contribution in [-0.4, -0.2) is 45.3 Å². The minimum Gasteiger partial charge on any atom is -0.493 e.